The topological polar surface area (TPSA) is 44.8 Å². The highest BCUT2D eigenvalue weighted by atomic mass is 19.4. The summed E-state index contributed by atoms with van der Waals surface area (Å²) in [5, 5.41) is 0. The number of ether oxygens (including phenoxy) is 3. The van der Waals surface area contributed by atoms with Crippen LogP contribution in [0.5, 0.6) is 0 Å². The first-order chi connectivity index (χ1) is 10.4. The Balaban J connectivity index is 5.69. The molecule has 4 nitrogen and oxygen atoms in total. The van der Waals surface area contributed by atoms with E-state index in [0.717, 1.165) is 7.11 Å². The Morgan fingerprint density at radius 2 is 1.25 bits per heavy atom. The zero-order chi connectivity index (χ0) is 19.6. The molecule has 0 spiro atoms. The van der Waals surface area contributed by atoms with E-state index in [-0.39, 0.29) is 0 Å². The summed E-state index contributed by atoms with van der Waals surface area (Å²) in [4.78, 5) is 10.9. The molecule has 0 radical (unpaired) electrons. The molecular weight excluding hydrogens is 381 g/mol. The normalized spacial score (nSPS) is 16.7. The summed E-state index contributed by atoms with van der Waals surface area (Å²) in [6.45, 7) is -1.84. The van der Waals surface area contributed by atoms with Crippen LogP contribution in [-0.4, -0.2) is 56.5 Å². The van der Waals surface area contributed by atoms with Crippen molar-refractivity contribution in [1.29, 1.82) is 0 Å². The van der Waals surface area contributed by atoms with Crippen molar-refractivity contribution in [2.75, 3.05) is 20.3 Å². The number of carbonyl (C=O) groups is 1. The fourth-order valence-corrected chi connectivity index (χ4v) is 0.932. The van der Waals surface area contributed by atoms with Gasteiger partial charge in [0.15, 0.2) is 0 Å². The zero-order valence-electron chi connectivity index (χ0n) is 11.2. The van der Waals surface area contributed by atoms with E-state index < -0.39 is 49.4 Å². The molecule has 0 heterocycles. The van der Waals surface area contributed by atoms with Gasteiger partial charge in [0.1, 0.15) is 6.61 Å². The van der Waals surface area contributed by atoms with Gasteiger partial charge in [-0.1, -0.05) is 0 Å². The summed E-state index contributed by atoms with van der Waals surface area (Å²) in [7, 11) is 0.925. The number of esters is 1. The van der Waals surface area contributed by atoms with Crippen molar-refractivity contribution in [1.82, 2.24) is 0 Å². The van der Waals surface area contributed by atoms with E-state index >= 15 is 0 Å². The zero-order valence-corrected chi connectivity index (χ0v) is 11.2. The van der Waals surface area contributed by atoms with E-state index in [0.29, 0.717) is 0 Å². The van der Waals surface area contributed by atoms with Gasteiger partial charge in [-0.25, -0.2) is 4.79 Å². The Kier molecular flexibility index (Phi) is 6.46. The summed E-state index contributed by atoms with van der Waals surface area (Å²) in [6.07, 6.45) is -21.0. The van der Waals surface area contributed by atoms with Crippen molar-refractivity contribution >= 4 is 5.97 Å². The third-order valence-electron chi connectivity index (χ3n) is 2.14. The number of hydrogen-bond acceptors (Lipinski definition) is 4. The standard InChI is InChI=1S/C9H7F11O4/c1-22-2-3-23-4(21)5(10,7(13,14)15)24-9(19,20)6(11,12)8(16,17)18/h2-3H2,1H3/t5-/m1/s1. The minimum atomic E-state index is -7.24. The number of alkyl halides is 11. The van der Waals surface area contributed by atoms with Crippen LogP contribution >= 0.6 is 0 Å². The van der Waals surface area contributed by atoms with Gasteiger partial charge in [0, 0.05) is 7.11 Å². The second-order valence-corrected chi connectivity index (χ2v) is 3.91. The van der Waals surface area contributed by atoms with Crippen molar-refractivity contribution in [2.45, 2.75) is 30.2 Å². The van der Waals surface area contributed by atoms with E-state index in [9.17, 15) is 53.1 Å². The Labute approximate surface area is 125 Å². The van der Waals surface area contributed by atoms with Crippen LogP contribution in [0, 0.1) is 0 Å². The van der Waals surface area contributed by atoms with Crippen LogP contribution in [0.1, 0.15) is 0 Å². The molecule has 0 amide bonds. The van der Waals surface area contributed by atoms with Gasteiger partial charge in [0.25, 0.3) is 0 Å². The first kappa shape index (κ1) is 22.6. The van der Waals surface area contributed by atoms with Gasteiger partial charge in [-0.3, -0.25) is 4.74 Å². The Hall–Kier alpha value is -1.38. The van der Waals surface area contributed by atoms with Crippen LogP contribution in [0.4, 0.5) is 48.3 Å². The van der Waals surface area contributed by atoms with Gasteiger partial charge in [0.05, 0.1) is 6.61 Å². The van der Waals surface area contributed by atoms with Gasteiger partial charge < -0.3 is 9.47 Å². The lowest BCUT2D eigenvalue weighted by molar-refractivity contribution is -0.475. The molecule has 1 atom stereocenters. The molecule has 0 rings (SSSR count). The molecule has 0 unspecified atom stereocenters. The molecule has 0 bridgehead atoms. The second kappa shape index (κ2) is 6.85. The van der Waals surface area contributed by atoms with E-state index in [1.807, 2.05) is 4.74 Å². The van der Waals surface area contributed by atoms with Crippen molar-refractivity contribution in [3.8, 4) is 0 Å². The number of hydrogen-bond donors (Lipinski definition) is 0. The van der Waals surface area contributed by atoms with Crippen molar-refractivity contribution in [3.63, 3.8) is 0 Å². The van der Waals surface area contributed by atoms with Crippen LogP contribution in [0.3, 0.4) is 0 Å². The number of rotatable bonds is 7. The lowest BCUT2D eigenvalue weighted by Crippen LogP contribution is -2.61. The Morgan fingerprint density at radius 3 is 1.58 bits per heavy atom. The maximum Gasteiger partial charge on any atom is 0.462 e. The molecule has 0 aliphatic heterocycles. The molecule has 0 aliphatic carbocycles. The molecule has 24 heavy (non-hydrogen) atoms. The number of methoxy groups -OCH3 is 1. The van der Waals surface area contributed by atoms with Crippen molar-refractivity contribution in [2.24, 2.45) is 0 Å². The Bertz CT molecular complexity index is 444. The average Bonchev–Trinajstić information content (AvgIpc) is 2.35. The molecule has 0 saturated carbocycles. The Morgan fingerprint density at radius 1 is 0.792 bits per heavy atom. The highest BCUT2D eigenvalue weighted by Gasteiger charge is 2.80. The van der Waals surface area contributed by atoms with Gasteiger partial charge >= 0.3 is 36.2 Å². The summed E-state index contributed by atoms with van der Waals surface area (Å²) < 4.78 is 146. The first-order valence-corrected chi connectivity index (χ1v) is 5.38. The van der Waals surface area contributed by atoms with Gasteiger partial charge in [-0.05, 0) is 0 Å². The third-order valence-corrected chi connectivity index (χ3v) is 2.14. The fourth-order valence-electron chi connectivity index (χ4n) is 0.932. The maximum absolute atomic E-state index is 13.5. The minimum absolute atomic E-state index is 0.672. The van der Waals surface area contributed by atoms with E-state index in [1.165, 1.54) is 0 Å². The largest absolute Gasteiger partial charge is 0.462 e. The molecule has 0 aliphatic rings. The van der Waals surface area contributed by atoms with Gasteiger partial charge in [-0.2, -0.15) is 48.3 Å². The van der Waals surface area contributed by atoms with Crippen LogP contribution in [0.25, 0.3) is 0 Å². The SMILES string of the molecule is COCCOC(=O)[C@@](F)(OC(F)(F)C(F)(F)C(F)(F)F)C(F)(F)F. The van der Waals surface area contributed by atoms with E-state index in [1.54, 1.807) is 0 Å². The van der Waals surface area contributed by atoms with Crippen molar-refractivity contribution in [3.05, 3.63) is 0 Å². The van der Waals surface area contributed by atoms with E-state index in [2.05, 4.69) is 9.47 Å². The highest BCUT2D eigenvalue weighted by Crippen LogP contribution is 2.51. The first-order valence-electron chi connectivity index (χ1n) is 5.38. The monoisotopic (exact) mass is 388 g/mol. The van der Waals surface area contributed by atoms with Crippen LogP contribution in [0.2, 0.25) is 0 Å². The van der Waals surface area contributed by atoms with Crippen LogP contribution in [0.15, 0.2) is 0 Å². The summed E-state index contributed by atoms with van der Waals surface area (Å²) >= 11 is 0. The average molecular weight is 388 g/mol. The molecule has 0 aromatic rings. The maximum atomic E-state index is 13.5. The van der Waals surface area contributed by atoms with Gasteiger partial charge in [-0.15, -0.1) is 0 Å². The number of carbonyl (C=O) groups excluding carboxylic acids is 1. The van der Waals surface area contributed by atoms with Crippen LogP contribution in [-0.2, 0) is 19.0 Å². The summed E-state index contributed by atoms with van der Waals surface area (Å²) in [5.41, 5.74) is 0. The van der Waals surface area contributed by atoms with E-state index in [4.69, 9.17) is 0 Å². The molecule has 0 fully saturated rings. The molecule has 15 heteroatoms. The summed E-state index contributed by atoms with van der Waals surface area (Å²) in [5.74, 6) is -16.8. The smallest absolute Gasteiger partial charge is 0.459 e. The fraction of sp³-hybridized carbons (Fsp3) is 0.889. The molecular formula is C9H7F11O4. The van der Waals surface area contributed by atoms with Crippen LogP contribution < -0.4 is 0 Å². The molecule has 144 valence electrons. The molecule has 0 N–H and O–H groups in total. The van der Waals surface area contributed by atoms with Gasteiger partial charge in [0.2, 0.25) is 0 Å². The predicted molar refractivity (Wildman–Crippen MR) is 49.8 cm³/mol. The molecule has 0 aromatic carbocycles. The third kappa shape index (κ3) is 4.37. The predicted octanol–water partition coefficient (Wildman–Crippen LogP) is 3.21. The minimum Gasteiger partial charge on any atom is -0.459 e. The number of halogens is 11. The quantitative estimate of drug-likeness (QED) is 0.382. The second-order valence-electron chi connectivity index (χ2n) is 3.91. The lowest BCUT2D eigenvalue weighted by Gasteiger charge is -2.33. The van der Waals surface area contributed by atoms with Crippen molar-refractivity contribution < 1.29 is 67.3 Å². The lowest BCUT2D eigenvalue weighted by atomic mass is 10.2. The molecule has 0 saturated heterocycles. The summed E-state index contributed by atoms with van der Waals surface area (Å²) in [6, 6.07) is 0. The molecule has 0 aromatic heterocycles. The highest BCUT2D eigenvalue weighted by molar-refractivity contribution is 5.78.